The van der Waals surface area contributed by atoms with Crippen molar-refractivity contribution >= 4 is 17.5 Å². The second kappa shape index (κ2) is 11.9. The zero-order chi connectivity index (χ0) is 28.1. The van der Waals surface area contributed by atoms with Crippen molar-refractivity contribution < 1.29 is 23.2 Å². The summed E-state index contributed by atoms with van der Waals surface area (Å²) < 4.78 is 31.0. The lowest BCUT2D eigenvalue weighted by Gasteiger charge is -2.26. The van der Waals surface area contributed by atoms with E-state index < -0.39 is 11.8 Å². The highest BCUT2D eigenvalue weighted by Gasteiger charge is 2.20. The number of hydrogen-bond acceptors (Lipinski definition) is 7. The van der Waals surface area contributed by atoms with Gasteiger partial charge in [-0.25, -0.2) is 9.18 Å². The Morgan fingerprint density at radius 2 is 1.80 bits per heavy atom. The topological polar surface area (TPSA) is 118 Å². The van der Waals surface area contributed by atoms with E-state index in [9.17, 15) is 9.18 Å². The molecular weight excluding hydrogens is 515 g/mol. The van der Waals surface area contributed by atoms with Crippen molar-refractivity contribution in [3.8, 4) is 28.3 Å². The van der Waals surface area contributed by atoms with Crippen LogP contribution in [-0.4, -0.2) is 65.7 Å². The molecule has 40 heavy (non-hydrogen) atoms. The smallest absolute Gasteiger partial charge is 0.324 e. The van der Waals surface area contributed by atoms with E-state index in [0.29, 0.717) is 35.1 Å². The predicted octanol–water partition coefficient (Wildman–Crippen LogP) is 5.52. The predicted molar refractivity (Wildman–Crippen MR) is 150 cm³/mol. The molecule has 10 nitrogen and oxygen atoms in total. The lowest BCUT2D eigenvalue weighted by Crippen LogP contribution is -2.38. The highest BCUT2D eigenvalue weighted by Crippen LogP contribution is 2.28. The van der Waals surface area contributed by atoms with Crippen molar-refractivity contribution in [2.24, 2.45) is 0 Å². The third kappa shape index (κ3) is 6.85. The monoisotopic (exact) mass is 548 g/mol. The molecule has 2 aromatic heterocycles. The summed E-state index contributed by atoms with van der Waals surface area (Å²) in [6, 6.07) is 15.2. The van der Waals surface area contributed by atoms with Gasteiger partial charge in [0.1, 0.15) is 12.4 Å². The average molecular weight is 549 g/mol. The zero-order valence-corrected chi connectivity index (χ0v) is 22.8. The number of H-pyrrole nitrogens is 1. The van der Waals surface area contributed by atoms with Crippen LogP contribution < -0.4 is 15.4 Å². The normalized spacial score (nSPS) is 14.2. The van der Waals surface area contributed by atoms with Crippen LogP contribution in [-0.2, 0) is 10.2 Å². The number of aromatic nitrogens is 3. The van der Waals surface area contributed by atoms with Gasteiger partial charge in [0.25, 0.3) is 0 Å². The second-order valence-electron chi connectivity index (χ2n) is 10.6. The van der Waals surface area contributed by atoms with Gasteiger partial charge in [0, 0.05) is 42.4 Å². The van der Waals surface area contributed by atoms with Crippen molar-refractivity contribution in [3.63, 3.8) is 0 Å². The largest absolute Gasteiger partial charge is 0.489 e. The number of urea groups is 1. The molecule has 5 rings (SSSR count). The molecule has 1 saturated heterocycles. The van der Waals surface area contributed by atoms with Crippen LogP contribution in [0.4, 0.5) is 20.7 Å². The average Bonchev–Trinajstić information content (AvgIpc) is 3.61. The molecule has 2 aromatic carbocycles. The van der Waals surface area contributed by atoms with Gasteiger partial charge < -0.3 is 19.3 Å². The van der Waals surface area contributed by atoms with E-state index in [2.05, 4.69) is 30.9 Å². The molecule has 1 aliphatic heterocycles. The Balaban J connectivity index is 1.16. The second-order valence-corrected chi connectivity index (χ2v) is 10.6. The van der Waals surface area contributed by atoms with Crippen LogP contribution in [0.2, 0.25) is 0 Å². The minimum absolute atomic E-state index is 0.207. The van der Waals surface area contributed by atoms with E-state index in [1.165, 1.54) is 6.07 Å². The summed E-state index contributed by atoms with van der Waals surface area (Å²) in [6.07, 6.45) is 0. The van der Waals surface area contributed by atoms with Gasteiger partial charge in [0.05, 0.1) is 24.6 Å². The molecule has 0 spiro atoms. The molecule has 0 bridgehead atoms. The number of hydrogen-bond donors (Lipinski definition) is 3. The molecule has 11 heteroatoms. The number of ether oxygens (including phenoxy) is 2. The highest BCUT2D eigenvalue weighted by molar-refractivity contribution is 5.99. The van der Waals surface area contributed by atoms with Crippen LogP contribution in [0.15, 0.2) is 59.1 Å². The molecule has 1 aliphatic rings. The molecule has 3 heterocycles. The van der Waals surface area contributed by atoms with Gasteiger partial charge in [-0.15, -0.1) is 0 Å². The summed E-state index contributed by atoms with van der Waals surface area (Å²) >= 11 is 0. The zero-order valence-electron chi connectivity index (χ0n) is 22.8. The van der Waals surface area contributed by atoms with Crippen molar-refractivity contribution in [1.82, 2.24) is 20.3 Å². The first-order chi connectivity index (χ1) is 19.2. The maximum absolute atomic E-state index is 14.7. The molecule has 0 unspecified atom stereocenters. The van der Waals surface area contributed by atoms with Crippen LogP contribution in [0.1, 0.15) is 26.5 Å². The summed E-state index contributed by atoms with van der Waals surface area (Å²) in [4.78, 5) is 14.6. The molecule has 210 valence electrons. The van der Waals surface area contributed by atoms with E-state index in [-0.39, 0.29) is 11.2 Å². The van der Waals surface area contributed by atoms with Gasteiger partial charge in [-0.3, -0.25) is 15.3 Å². The summed E-state index contributed by atoms with van der Waals surface area (Å²) in [5, 5.41) is 16.7. The van der Waals surface area contributed by atoms with Gasteiger partial charge in [-0.1, -0.05) is 38.1 Å². The quantitative estimate of drug-likeness (QED) is 0.265. The number of benzene rings is 2. The van der Waals surface area contributed by atoms with E-state index >= 15 is 0 Å². The van der Waals surface area contributed by atoms with Crippen LogP contribution in [0.25, 0.3) is 22.5 Å². The summed E-state index contributed by atoms with van der Waals surface area (Å²) in [5.41, 5.74) is 3.26. The molecule has 4 aromatic rings. The molecule has 0 atom stereocenters. The van der Waals surface area contributed by atoms with E-state index in [0.717, 1.165) is 44.1 Å². The van der Waals surface area contributed by atoms with Crippen LogP contribution in [0, 0.1) is 5.82 Å². The lowest BCUT2D eigenvalue weighted by atomic mass is 9.93. The Kier molecular flexibility index (Phi) is 8.13. The summed E-state index contributed by atoms with van der Waals surface area (Å²) in [5.74, 6) is 0.807. The number of carbonyl (C=O) groups excluding carboxylic acids is 1. The Morgan fingerprint density at radius 3 is 2.50 bits per heavy atom. The highest BCUT2D eigenvalue weighted by atomic mass is 19.1. The molecular formula is C29H33FN6O4. The molecule has 0 saturated carbocycles. The Bertz CT molecular complexity index is 1440. The number of halogens is 1. The number of rotatable bonds is 8. The molecule has 3 N–H and O–H groups in total. The van der Waals surface area contributed by atoms with Gasteiger partial charge in [0.2, 0.25) is 0 Å². The molecule has 0 radical (unpaired) electrons. The van der Waals surface area contributed by atoms with Crippen molar-refractivity contribution in [1.29, 1.82) is 0 Å². The standard InChI is InChI=1S/C29H33FN6O4/c1-29(2,3)26-18-27(35-40-26)32-28(37)31-21-7-4-19(5-8-21)23-17-24(34-33-23)20-6-9-25(22(30)16-20)39-15-12-36-10-13-38-14-11-36/h4-9,16-18H,10-15H2,1-3H3,(H,33,34)(H2,31,32,35,37). The van der Waals surface area contributed by atoms with Gasteiger partial charge >= 0.3 is 6.03 Å². The third-order valence-electron chi connectivity index (χ3n) is 6.52. The minimum Gasteiger partial charge on any atom is -0.489 e. The number of amides is 2. The van der Waals surface area contributed by atoms with Crippen molar-refractivity contribution in [2.45, 2.75) is 26.2 Å². The van der Waals surface area contributed by atoms with Gasteiger partial charge in [0.15, 0.2) is 17.4 Å². The van der Waals surface area contributed by atoms with Gasteiger partial charge in [-0.2, -0.15) is 5.10 Å². The van der Waals surface area contributed by atoms with Crippen LogP contribution >= 0.6 is 0 Å². The van der Waals surface area contributed by atoms with E-state index in [1.807, 2.05) is 39.0 Å². The van der Waals surface area contributed by atoms with Crippen LogP contribution in [0.3, 0.4) is 0 Å². The van der Waals surface area contributed by atoms with Gasteiger partial charge in [-0.05, 0) is 42.0 Å². The lowest BCUT2D eigenvalue weighted by molar-refractivity contribution is 0.0320. The first-order valence-electron chi connectivity index (χ1n) is 13.2. The Hall–Kier alpha value is -4.22. The fourth-order valence-corrected chi connectivity index (χ4v) is 4.20. The number of nitrogens with one attached hydrogen (secondary N) is 3. The SMILES string of the molecule is CC(C)(C)c1cc(NC(=O)Nc2ccc(-c3cc(-c4ccc(OCCN5CCOCC5)c(F)c4)n[nH]3)cc2)no1. The van der Waals surface area contributed by atoms with E-state index in [1.54, 1.807) is 30.3 Å². The number of carbonyl (C=O) groups is 1. The number of nitrogens with zero attached hydrogens (tertiary/aromatic N) is 3. The molecule has 2 amide bonds. The maximum Gasteiger partial charge on any atom is 0.324 e. The Labute approximate surface area is 231 Å². The van der Waals surface area contributed by atoms with E-state index in [4.69, 9.17) is 14.0 Å². The summed E-state index contributed by atoms with van der Waals surface area (Å²) in [7, 11) is 0. The third-order valence-corrected chi connectivity index (χ3v) is 6.52. The molecule has 0 aliphatic carbocycles. The van der Waals surface area contributed by atoms with Crippen molar-refractivity contribution in [3.05, 3.63) is 66.2 Å². The number of morpholine rings is 1. The number of anilines is 2. The minimum atomic E-state index is -0.432. The maximum atomic E-state index is 14.7. The fourth-order valence-electron chi connectivity index (χ4n) is 4.20. The molecule has 1 fully saturated rings. The fraction of sp³-hybridized carbons (Fsp3) is 0.345. The van der Waals surface area contributed by atoms with Crippen LogP contribution in [0.5, 0.6) is 5.75 Å². The summed E-state index contributed by atoms with van der Waals surface area (Å²) in [6.45, 7) is 10.3. The number of aromatic amines is 1. The Morgan fingerprint density at radius 1 is 1.05 bits per heavy atom. The first-order valence-corrected chi connectivity index (χ1v) is 13.2. The first kappa shape index (κ1) is 27.4. The van der Waals surface area contributed by atoms with Crippen molar-refractivity contribution in [2.75, 3.05) is 50.1 Å².